The number of hydrogen-bond donors (Lipinski definition) is 1. The van der Waals surface area contributed by atoms with Gasteiger partial charge in [-0.25, -0.2) is 4.68 Å². The lowest BCUT2D eigenvalue weighted by Crippen LogP contribution is -2.23. The van der Waals surface area contributed by atoms with E-state index in [2.05, 4.69) is 60.7 Å². The van der Waals surface area contributed by atoms with Crippen LogP contribution in [0.15, 0.2) is 30.6 Å². The average molecular weight is 273 g/mol. The van der Waals surface area contributed by atoms with E-state index < -0.39 is 0 Å². The third kappa shape index (κ3) is 4.13. The van der Waals surface area contributed by atoms with Crippen LogP contribution in [-0.2, 0) is 0 Å². The highest BCUT2D eigenvalue weighted by Gasteiger charge is 2.11. The number of tetrazole rings is 1. The van der Waals surface area contributed by atoms with Crippen LogP contribution in [-0.4, -0.2) is 26.8 Å². The third-order valence-corrected chi connectivity index (χ3v) is 3.31. The summed E-state index contributed by atoms with van der Waals surface area (Å²) in [5, 5.41) is 14.8. The van der Waals surface area contributed by atoms with Gasteiger partial charge in [0.25, 0.3) is 0 Å². The number of nitrogens with one attached hydrogen (secondary N) is 1. The maximum Gasteiger partial charge on any atom is 0.143 e. The van der Waals surface area contributed by atoms with Crippen LogP contribution in [0.5, 0.6) is 0 Å². The molecule has 1 aromatic heterocycles. The van der Waals surface area contributed by atoms with Gasteiger partial charge in [-0.2, -0.15) is 0 Å². The smallest absolute Gasteiger partial charge is 0.143 e. The molecule has 1 heterocycles. The molecule has 1 aromatic carbocycles. The van der Waals surface area contributed by atoms with E-state index in [-0.39, 0.29) is 0 Å². The van der Waals surface area contributed by atoms with Gasteiger partial charge in [0.15, 0.2) is 0 Å². The largest absolute Gasteiger partial charge is 0.310 e. The van der Waals surface area contributed by atoms with Crippen LogP contribution in [0, 0.1) is 5.41 Å². The average Bonchev–Trinajstić information content (AvgIpc) is 2.91. The molecule has 0 fully saturated rings. The van der Waals surface area contributed by atoms with Gasteiger partial charge >= 0.3 is 0 Å². The Hall–Kier alpha value is -1.75. The summed E-state index contributed by atoms with van der Waals surface area (Å²) in [6.07, 6.45) is 2.76. The lowest BCUT2D eigenvalue weighted by Gasteiger charge is -2.21. The quantitative estimate of drug-likeness (QED) is 0.910. The van der Waals surface area contributed by atoms with Crippen LogP contribution < -0.4 is 5.32 Å². The molecular formula is C15H23N5. The number of nitrogens with zero attached hydrogens (tertiary/aromatic N) is 4. The maximum atomic E-state index is 3.92. The predicted octanol–water partition coefficient (Wildman–Crippen LogP) is 2.75. The molecule has 20 heavy (non-hydrogen) atoms. The monoisotopic (exact) mass is 273 g/mol. The molecular weight excluding hydrogens is 250 g/mol. The van der Waals surface area contributed by atoms with Crippen molar-refractivity contribution in [1.29, 1.82) is 0 Å². The third-order valence-electron chi connectivity index (χ3n) is 3.31. The number of benzene rings is 1. The van der Waals surface area contributed by atoms with Crippen LogP contribution in [0.1, 0.15) is 45.7 Å². The van der Waals surface area contributed by atoms with E-state index in [0.29, 0.717) is 11.5 Å². The Morgan fingerprint density at radius 1 is 1.30 bits per heavy atom. The van der Waals surface area contributed by atoms with Crippen LogP contribution in [0.3, 0.4) is 0 Å². The zero-order valence-corrected chi connectivity index (χ0v) is 12.7. The fourth-order valence-electron chi connectivity index (χ4n) is 2.00. The van der Waals surface area contributed by atoms with Crippen LogP contribution in [0.2, 0.25) is 0 Å². The van der Waals surface area contributed by atoms with Crippen LogP contribution in [0.25, 0.3) is 5.69 Å². The summed E-state index contributed by atoms with van der Waals surface area (Å²) in [6.45, 7) is 9.98. The first-order valence-electron chi connectivity index (χ1n) is 7.02. The lowest BCUT2D eigenvalue weighted by atomic mass is 9.92. The molecule has 1 N–H and O–H groups in total. The van der Waals surface area contributed by atoms with Crippen molar-refractivity contribution < 1.29 is 0 Å². The second kappa shape index (κ2) is 6.13. The standard InChI is InChI=1S/C15H23N5/c1-12(16-9-8-15(2,3)4)13-6-5-7-14(10-13)20-11-17-18-19-20/h5-7,10-12,16H,8-9H2,1-4H3. The molecule has 0 aliphatic rings. The Bertz CT molecular complexity index is 527. The van der Waals surface area contributed by atoms with Crippen molar-refractivity contribution in [1.82, 2.24) is 25.5 Å². The number of rotatable bonds is 5. The first kappa shape index (κ1) is 14.7. The SMILES string of the molecule is CC(NCCC(C)(C)C)c1cccc(-n2cnnn2)c1. The summed E-state index contributed by atoms with van der Waals surface area (Å²) in [5.74, 6) is 0. The molecule has 2 aromatic rings. The second-order valence-corrected chi connectivity index (χ2v) is 6.34. The highest BCUT2D eigenvalue weighted by atomic mass is 15.5. The number of hydrogen-bond acceptors (Lipinski definition) is 4. The molecule has 1 unspecified atom stereocenters. The van der Waals surface area contributed by atoms with E-state index in [4.69, 9.17) is 0 Å². The summed E-state index contributed by atoms with van der Waals surface area (Å²) in [5.41, 5.74) is 2.59. The Labute approximate surface area is 120 Å². The van der Waals surface area contributed by atoms with Crippen molar-refractivity contribution in [2.45, 2.75) is 40.2 Å². The van der Waals surface area contributed by atoms with Gasteiger partial charge in [-0.3, -0.25) is 0 Å². The minimum atomic E-state index is 0.314. The summed E-state index contributed by atoms with van der Waals surface area (Å²) >= 11 is 0. The molecule has 0 radical (unpaired) electrons. The van der Waals surface area contributed by atoms with E-state index in [0.717, 1.165) is 18.7 Å². The topological polar surface area (TPSA) is 55.6 Å². The zero-order chi connectivity index (χ0) is 14.6. The van der Waals surface area contributed by atoms with E-state index in [1.165, 1.54) is 5.56 Å². The van der Waals surface area contributed by atoms with Crippen LogP contribution in [0.4, 0.5) is 0 Å². The normalized spacial score (nSPS) is 13.4. The molecule has 108 valence electrons. The summed E-state index contributed by atoms with van der Waals surface area (Å²) in [6, 6.07) is 8.60. The molecule has 1 atom stereocenters. The van der Waals surface area contributed by atoms with Crippen molar-refractivity contribution in [2.75, 3.05) is 6.54 Å². The van der Waals surface area contributed by atoms with Crippen molar-refractivity contribution in [3.63, 3.8) is 0 Å². The number of aromatic nitrogens is 4. The maximum absolute atomic E-state index is 3.92. The fourth-order valence-corrected chi connectivity index (χ4v) is 2.00. The van der Waals surface area contributed by atoms with Gasteiger partial charge in [0.1, 0.15) is 6.33 Å². The summed E-state index contributed by atoms with van der Waals surface area (Å²) < 4.78 is 1.67. The molecule has 5 heteroatoms. The van der Waals surface area contributed by atoms with Crippen molar-refractivity contribution >= 4 is 0 Å². The Morgan fingerprint density at radius 3 is 2.75 bits per heavy atom. The molecule has 5 nitrogen and oxygen atoms in total. The van der Waals surface area contributed by atoms with E-state index in [1.807, 2.05) is 12.1 Å². The van der Waals surface area contributed by atoms with E-state index in [9.17, 15) is 0 Å². The Kier molecular flexibility index (Phi) is 4.49. The minimum absolute atomic E-state index is 0.314. The Morgan fingerprint density at radius 2 is 2.10 bits per heavy atom. The molecule has 2 rings (SSSR count). The lowest BCUT2D eigenvalue weighted by molar-refractivity contribution is 0.358. The first-order chi connectivity index (χ1) is 9.46. The fraction of sp³-hybridized carbons (Fsp3) is 0.533. The van der Waals surface area contributed by atoms with Gasteiger partial charge in [-0.1, -0.05) is 32.9 Å². The molecule has 0 saturated heterocycles. The second-order valence-electron chi connectivity index (χ2n) is 6.34. The highest BCUT2D eigenvalue weighted by Crippen LogP contribution is 2.19. The van der Waals surface area contributed by atoms with Gasteiger partial charge in [0, 0.05) is 6.04 Å². The van der Waals surface area contributed by atoms with Crippen LogP contribution >= 0.6 is 0 Å². The zero-order valence-electron chi connectivity index (χ0n) is 12.7. The van der Waals surface area contributed by atoms with Gasteiger partial charge in [0.05, 0.1) is 5.69 Å². The van der Waals surface area contributed by atoms with E-state index >= 15 is 0 Å². The van der Waals surface area contributed by atoms with Gasteiger partial charge in [-0.15, -0.1) is 5.10 Å². The van der Waals surface area contributed by atoms with Crippen molar-refractivity contribution in [2.24, 2.45) is 5.41 Å². The summed E-state index contributed by atoms with van der Waals surface area (Å²) in [7, 11) is 0. The van der Waals surface area contributed by atoms with Gasteiger partial charge in [0.2, 0.25) is 0 Å². The predicted molar refractivity (Wildman–Crippen MR) is 79.6 cm³/mol. The van der Waals surface area contributed by atoms with Crippen molar-refractivity contribution in [3.05, 3.63) is 36.2 Å². The summed E-state index contributed by atoms with van der Waals surface area (Å²) in [4.78, 5) is 0. The molecule has 0 aliphatic carbocycles. The van der Waals surface area contributed by atoms with Gasteiger partial charge in [-0.05, 0) is 53.4 Å². The molecule has 0 amide bonds. The highest BCUT2D eigenvalue weighted by molar-refractivity contribution is 5.35. The first-order valence-corrected chi connectivity index (χ1v) is 7.02. The van der Waals surface area contributed by atoms with E-state index in [1.54, 1.807) is 11.0 Å². The molecule has 0 aliphatic heterocycles. The molecule has 0 spiro atoms. The molecule has 0 saturated carbocycles. The molecule has 0 bridgehead atoms. The van der Waals surface area contributed by atoms with Gasteiger partial charge < -0.3 is 5.32 Å². The minimum Gasteiger partial charge on any atom is -0.310 e. The van der Waals surface area contributed by atoms with Crippen molar-refractivity contribution in [3.8, 4) is 5.69 Å². The Balaban J connectivity index is 2.00.